The Kier molecular flexibility index (Phi) is 6.12. The zero-order chi connectivity index (χ0) is 16.5. The van der Waals surface area contributed by atoms with Crippen molar-refractivity contribution >= 4 is 0 Å². The molecule has 2 aromatic heterocycles. The summed E-state index contributed by atoms with van der Waals surface area (Å²) in [4.78, 5) is 0. The first-order valence-corrected chi connectivity index (χ1v) is 8.86. The molecule has 0 spiro atoms. The average Bonchev–Trinajstić information content (AvgIpc) is 2.65. The van der Waals surface area contributed by atoms with Gasteiger partial charge < -0.3 is 0 Å². The number of benzene rings is 1. The molecule has 0 fully saturated rings. The molecule has 0 unspecified atom stereocenters. The highest BCUT2D eigenvalue weighted by Crippen LogP contribution is 2.09. The van der Waals surface area contributed by atoms with Crippen LogP contribution in [0.2, 0.25) is 0 Å². The topological polar surface area (TPSA) is 7.76 Å². The molecule has 0 bridgehead atoms. The van der Waals surface area contributed by atoms with Crippen LogP contribution < -0.4 is 9.13 Å². The third-order valence-electron chi connectivity index (χ3n) is 4.34. The Labute approximate surface area is 145 Å². The summed E-state index contributed by atoms with van der Waals surface area (Å²) in [6.45, 7) is 2.16. The molecule has 0 atom stereocenters. The van der Waals surface area contributed by atoms with Crippen molar-refractivity contribution in [2.45, 2.75) is 38.8 Å². The van der Waals surface area contributed by atoms with Crippen LogP contribution in [0, 0.1) is 0 Å². The number of aromatic nitrogens is 2. The standard InChI is InChI=1S/C22H26N2/c1-3-15-23(16-4-1)19-7-9-21-11-13-22(14-12-21)10-8-20-24-17-5-2-6-18-24/h1-6,11-18H,7-10,19-20H2/q+2. The summed E-state index contributed by atoms with van der Waals surface area (Å²) in [5.74, 6) is 0. The monoisotopic (exact) mass is 318 g/mol. The maximum absolute atomic E-state index is 2.29. The van der Waals surface area contributed by atoms with Crippen LogP contribution in [-0.4, -0.2) is 0 Å². The molecular formula is C22H26N2+2. The SMILES string of the molecule is c1cc[n+](CCCc2ccc(CCC[n+]3ccccc3)cc2)cc1. The van der Waals surface area contributed by atoms with Crippen LogP contribution >= 0.6 is 0 Å². The largest absolute Gasteiger partial charge is 0.205 e. The minimum Gasteiger partial charge on any atom is -0.205 e. The lowest BCUT2D eigenvalue weighted by Crippen LogP contribution is -2.32. The van der Waals surface area contributed by atoms with E-state index < -0.39 is 0 Å². The minimum absolute atomic E-state index is 1.08. The third-order valence-corrected chi connectivity index (χ3v) is 4.34. The van der Waals surface area contributed by atoms with Gasteiger partial charge in [-0.2, -0.15) is 0 Å². The van der Waals surface area contributed by atoms with Gasteiger partial charge in [-0.3, -0.25) is 0 Å². The molecule has 2 heterocycles. The summed E-state index contributed by atoms with van der Waals surface area (Å²) in [5.41, 5.74) is 2.88. The average molecular weight is 318 g/mol. The molecule has 0 aliphatic rings. The minimum atomic E-state index is 1.08. The maximum Gasteiger partial charge on any atom is 0.168 e. The van der Waals surface area contributed by atoms with Crippen molar-refractivity contribution in [1.82, 2.24) is 0 Å². The summed E-state index contributed by atoms with van der Waals surface area (Å²) in [5, 5.41) is 0. The van der Waals surface area contributed by atoms with E-state index in [0.717, 1.165) is 25.9 Å². The van der Waals surface area contributed by atoms with E-state index in [1.165, 1.54) is 24.0 Å². The molecule has 3 rings (SSSR count). The molecule has 122 valence electrons. The number of pyridine rings is 2. The molecule has 2 heteroatoms. The molecule has 0 aliphatic heterocycles. The zero-order valence-corrected chi connectivity index (χ0v) is 14.2. The first-order valence-electron chi connectivity index (χ1n) is 8.86. The Morgan fingerprint density at radius 2 is 0.875 bits per heavy atom. The van der Waals surface area contributed by atoms with Gasteiger partial charge in [-0.05, 0) is 24.0 Å². The van der Waals surface area contributed by atoms with E-state index in [0.29, 0.717) is 0 Å². The Bertz CT molecular complexity index is 641. The summed E-state index contributed by atoms with van der Waals surface area (Å²) in [6.07, 6.45) is 13.2. The molecule has 0 saturated carbocycles. The van der Waals surface area contributed by atoms with E-state index in [2.05, 4.69) is 94.6 Å². The lowest BCUT2D eigenvalue weighted by atomic mass is 10.0. The molecule has 0 radical (unpaired) electrons. The lowest BCUT2D eigenvalue weighted by Gasteiger charge is -2.03. The molecular weight excluding hydrogens is 292 g/mol. The molecule has 2 nitrogen and oxygen atoms in total. The summed E-state index contributed by atoms with van der Waals surface area (Å²) in [7, 11) is 0. The Morgan fingerprint density at radius 1 is 0.500 bits per heavy atom. The number of aryl methyl sites for hydroxylation is 4. The van der Waals surface area contributed by atoms with Crippen molar-refractivity contribution in [3.05, 3.63) is 96.6 Å². The van der Waals surface area contributed by atoms with E-state index in [1.807, 2.05) is 0 Å². The fourth-order valence-corrected chi connectivity index (χ4v) is 2.97. The van der Waals surface area contributed by atoms with E-state index >= 15 is 0 Å². The summed E-state index contributed by atoms with van der Waals surface area (Å²) < 4.78 is 4.49. The number of rotatable bonds is 8. The van der Waals surface area contributed by atoms with Crippen molar-refractivity contribution in [2.75, 3.05) is 0 Å². The number of nitrogens with zero attached hydrogens (tertiary/aromatic N) is 2. The van der Waals surface area contributed by atoms with Crippen LogP contribution in [0.1, 0.15) is 24.0 Å². The van der Waals surface area contributed by atoms with Gasteiger partial charge >= 0.3 is 0 Å². The van der Waals surface area contributed by atoms with E-state index in [1.54, 1.807) is 0 Å². The maximum atomic E-state index is 2.29. The van der Waals surface area contributed by atoms with Crippen LogP contribution in [0.3, 0.4) is 0 Å². The molecule has 0 N–H and O–H groups in total. The summed E-state index contributed by atoms with van der Waals surface area (Å²) in [6, 6.07) is 21.6. The van der Waals surface area contributed by atoms with E-state index in [-0.39, 0.29) is 0 Å². The molecule has 0 amide bonds. The fraction of sp³-hybridized carbons (Fsp3) is 0.273. The highest BCUT2D eigenvalue weighted by molar-refractivity contribution is 5.22. The molecule has 3 aromatic rings. The van der Waals surface area contributed by atoms with E-state index in [9.17, 15) is 0 Å². The predicted octanol–water partition coefficient (Wildman–Crippen LogP) is 3.53. The Hall–Kier alpha value is -2.48. The van der Waals surface area contributed by atoms with Crippen LogP contribution in [0.4, 0.5) is 0 Å². The first kappa shape index (κ1) is 16.4. The molecule has 0 saturated heterocycles. The van der Waals surface area contributed by atoms with Crippen molar-refractivity contribution in [1.29, 1.82) is 0 Å². The van der Waals surface area contributed by atoms with Gasteiger partial charge in [-0.25, -0.2) is 9.13 Å². The van der Waals surface area contributed by atoms with Crippen LogP contribution in [-0.2, 0) is 25.9 Å². The Morgan fingerprint density at radius 3 is 1.25 bits per heavy atom. The second-order valence-corrected chi connectivity index (χ2v) is 6.25. The van der Waals surface area contributed by atoms with Gasteiger partial charge in [0, 0.05) is 37.1 Å². The van der Waals surface area contributed by atoms with Crippen molar-refractivity contribution < 1.29 is 9.13 Å². The van der Waals surface area contributed by atoms with Crippen molar-refractivity contribution in [3.8, 4) is 0 Å². The van der Waals surface area contributed by atoms with Gasteiger partial charge in [0.05, 0.1) is 0 Å². The highest BCUT2D eigenvalue weighted by Gasteiger charge is 2.02. The van der Waals surface area contributed by atoms with Gasteiger partial charge in [0.25, 0.3) is 0 Å². The van der Waals surface area contributed by atoms with Gasteiger partial charge in [-0.15, -0.1) is 0 Å². The predicted molar refractivity (Wildman–Crippen MR) is 96.4 cm³/mol. The second-order valence-electron chi connectivity index (χ2n) is 6.25. The smallest absolute Gasteiger partial charge is 0.168 e. The fourth-order valence-electron chi connectivity index (χ4n) is 2.97. The second kappa shape index (κ2) is 8.97. The van der Waals surface area contributed by atoms with Gasteiger partial charge in [0.2, 0.25) is 0 Å². The Balaban J connectivity index is 1.40. The van der Waals surface area contributed by atoms with Gasteiger partial charge in [0.15, 0.2) is 24.8 Å². The van der Waals surface area contributed by atoms with E-state index in [4.69, 9.17) is 0 Å². The molecule has 24 heavy (non-hydrogen) atoms. The number of hydrogen-bond donors (Lipinski definition) is 0. The quantitative estimate of drug-likeness (QED) is 0.561. The van der Waals surface area contributed by atoms with Crippen molar-refractivity contribution in [3.63, 3.8) is 0 Å². The normalized spacial score (nSPS) is 10.7. The number of hydrogen-bond acceptors (Lipinski definition) is 0. The van der Waals surface area contributed by atoms with Crippen LogP contribution in [0.15, 0.2) is 85.5 Å². The van der Waals surface area contributed by atoms with Gasteiger partial charge in [0.1, 0.15) is 13.1 Å². The van der Waals surface area contributed by atoms with Gasteiger partial charge in [-0.1, -0.05) is 36.4 Å². The highest BCUT2D eigenvalue weighted by atomic mass is 14.9. The first-order chi connectivity index (χ1) is 11.9. The molecule has 0 aliphatic carbocycles. The van der Waals surface area contributed by atoms with Crippen molar-refractivity contribution in [2.24, 2.45) is 0 Å². The summed E-state index contributed by atoms with van der Waals surface area (Å²) >= 11 is 0. The van der Waals surface area contributed by atoms with Crippen LogP contribution in [0.25, 0.3) is 0 Å². The lowest BCUT2D eigenvalue weighted by molar-refractivity contribution is -0.697. The third kappa shape index (κ3) is 5.31. The molecule has 1 aromatic carbocycles. The van der Waals surface area contributed by atoms with Crippen LogP contribution in [0.5, 0.6) is 0 Å². The zero-order valence-electron chi connectivity index (χ0n) is 14.2.